The first-order valence-electron chi connectivity index (χ1n) is 10.4. The summed E-state index contributed by atoms with van der Waals surface area (Å²) in [4.78, 5) is 17.4. The van der Waals surface area contributed by atoms with E-state index in [1.165, 1.54) is 0 Å². The molecule has 5 rings (SSSR count). The van der Waals surface area contributed by atoms with Crippen molar-refractivity contribution in [2.45, 2.75) is 68.7 Å². The molecule has 0 radical (unpaired) electrons. The summed E-state index contributed by atoms with van der Waals surface area (Å²) in [6, 6.07) is 12.6. The minimum atomic E-state index is -0.499. The highest BCUT2D eigenvalue weighted by Crippen LogP contribution is 2.49. The van der Waals surface area contributed by atoms with Gasteiger partial charge in [-0.05, 0) is 74.6 Å². The summed E-state index contributed by atoms with van der Waals surface area (Å²) in [6.45, 7) is 0. The number of likely N-dealkylation sites (tertiary alicyclic amines) is 1. The first kappa shape index (κ1) is 17.5. The first-order chi connectivity index (χ1) is 13.6. The highest BCUT2D eigenvalue weighted by Gasteiger charge is 2.55. The number of carbonyl (C=O) groups excluding carboxylic acids is 1. The summed E-state index contributed by atoms with van der Waals surface area (Å²) in [5.74, 6) is 0.694. The van der Waals surface area contributed by atoms with Crippen molar-refractivity contribution in [1.29, 1.82) is 10.5 Å². The Morgan fingerprint density at radius 2 is 1.75 bits per heavy atom. The molecule has 28 heavy (non-hydrogen) atoms. The summed E-state index contributed by atoms with van der Waals surface area (Å²) in [7, 11) is 0. The van der Waals surface area contributed by atoms with Crippen molar-refractivity contribution in [3.05, 3.63) is 29.8 Å². The fourth-order valence-corrected chi connectivity index (χ4v) is 5.90. The molecule has 2 bridgehead atoms. The lowest BCUT2D eigenvalue weighted by atomic mass is 9.84. The minimum absolute atomic E-state index is 0.00669. The molecule has 1 aromatic rings. The second-order valence-electron chi connectivity index (χ2n) is 8.90. The van der Waals surface area contributed by atoms with Crippen molar-refractivity contribution in [3.8, 4) is 12.1 Å². The Hall–Kier alpha value is -2.57. The predicted octanol–water partition coefficient (Wildman–Crippen LogP) is 2.15. The summed E-state index contributed by atoms with van der Waals surface area (Å²) < 4.78 is 0. The lowest BCUT2D eigenvalue weighted by molar-refractivity contribution is -0.135. The number of fused-ring (bicyclic) bond motifs is 3. The van der Waals surface area contributed by atoms with E-state index in [0.29, 0.717) is 23.6 Å². The van der Waals surface area contributed by atoms with Gasteiger partial charge in [0, 0.05) is 23.8 Å². The Balaban J connectivity index is 1.30. The number of amides is 1. The van der Waals surface area contributed by atoms with Crippen LogP contribution in [0.15, 0.2) is 24.3 Å². The molecule has 1 aliphatic carbocycles. The number of nitriles is 2. The van der Waals surface area contributed by atoms with E-state index in [4.69, 9.17) is 11.0 Å². The van der Waals surface area contributed by atoms with E-state index < -0.39 is 6.04 Å². The summed E-state index contributed by atoms with van der Waals surface area (Å²) in [5, 5.41) is 18.4. The van der Waals surface area contributed by atoms with Gasteiger partial charge in [0.25, 0.3) is 0 Å². The lowest BCUT2D eigenvalue weighted by Crippen LogP contribution is -2.54. The minimum Gasteiger partial charge on any atom is -0.366 e. The van der Waals surface area contributed by atoms with Crippen LogP contribution in [0.1, 0.15) is 44.1 Å². The molecule has 1 aromatic carbocycles. The molecular weight excluding hydrogens is 350 g/mol. The molecular formula is C22H25N5O. The Morgan fingerprint density at radius 3 is 2.36 bits per heavy atom. The van der Waals surface area contributed by atoms with Crippen LogP contribution in [0.25, 0.3) is 0 Å². The standard InChI is InChI=1S/C22H25N5O/c23-11-13-1-3-16(4-2-13)26-17-5-6-18(26)9-15(8-17)21(25)22(28)27-19(12-24)7-14-10-20(14)27/h1-4,14-15,17-21H,5-10,25H2/t14-,17+,18+,19+,20+,21+/m1/s1. The van der Waals surface area contributed by atoms with Gasteiger partial charge in [0.05, 0.1) is 23.7 Å². The molecule has 2 N–H and O–H groups in total. The normalized spacial score (nSPS) is 36.4. The Bertz CT molecular complexity index is 854. The third-order valence-corrected chi connectivity index (χ3v) is 7.36. The number of nitrogens with two attached hydrogens (primary N) is 1. The summed E-state index contributed by atoms with van der Waals surface area (Å²) in [5.41, 5.74) is 8.33. The monoisotopic (exact) mass is 375 g/mol. The van der Waals surface area contributed by atoms with Gasteiger partial charge in [-0.25, -0.2) is 0 Å². The average Bonchev–Trinajstić information content (AvgIpc) is 3.32. The maximum Gasteiger partial charge on any atom is 0.241 e. The van der Waals surface area contributed by atoms with Gasteiger partial charge in [0.1, 0.15) is 6.04 Å². The van der Waals surface area contributed by atoms with Crippen molar-refractivity contribution in [2.24, 2.45) is 17.6 Å². The number of benzene rings is 1. The summed E-state index contributed by atoms with van der Waals surface area (Å²) >= 11 is 0. The number of anilines is 1. The SMILES string of the molecule is N#Cc1ccc(N2[C@H]3CC[C@H]2CC([C@H](N)C(=O)N2[C@H](C#N)C[C@@H]4C[C@@H]42)C3)cc1. The van der Waals surface area contributed by atoms with E-state index in [1.54, 1.807) is 0 Å². The van der Waals surface area contributed by atoms with Crippen molar-refractivity contribution >= 4 is 11.6 Å². The third kappa shape index (κ3) is 2.67. The van der Waals surface area contributed by atoms with Gasteiger partial charge in [0.2, 0.25) is 5.91 Å². The summed E-state index contributed by atoms with van der Waals surface area (Å²) in [6.07, 6.45) is 5.95. The molecule has 3 saturated heterocycles. The molecule has 6 heteroatoms. The van der Waals surface area contributed by atoms with Crippen molar-refractivity contribution in [2.75, 3.05) is 4.90 Å². The topological polar surface area (TPSA) is 97.2 Å². The number of hydrogen-bond acceptors (Lipinski definition) is 5. The van der Waals surface area contributed by atoms with E-state index in [9.17, 15) is 10.1 Å². The molecule has 1 amide bonds. The molecule has 144 valence electrons. The van der Waals surface area contributed by atoms with Gasteiger partial charge in [-0.15, -0.1) is 0 Å². The fourth-order valence-electron chi connectivity index (χ4n) is 5.90. The molecule has 0 spiro atoms. The highest BCUT2D eigenvalue weighted by molar-refractivity contribution is 5.84. The molecule has 3 heterocycles. The van der Waals surface area contributed by atoms with Crippen LogP contribution in [0.2, 0.25) is 0 Å². The number of hydrogen-bond donors (Lipinski definition) is 1. The smallest absolute Gasteiger partial charge is 0.241 e. The van der Waals surface area contributed by atoms with Crippen molar-refractivity contribution in [3.63, 3.8) is 0 Å². The van der Waals surface area contributed by atoms with Crippen molar-refractivity contribution < 1.29 is 4.79 Å². The van der Waals surface area contributed by atoms with Crippen molar-refractivity contribution in [1.82, 2.24) is 4.90 Å². The molecule has 4 aliphatic rings. The molecule has 3 aliphatic heterocycles. The van der Waals surface area contributed by atoms with Gasteiger partial charge in [0.15, 0.2) is 0 Å². The average molecular weight is 375 g/mol. The Labute approximate surface area is 165 Å². The van der Waals surface area contributed by atoms with Crippen LogP contribution in [0.3, 0.4) is 0 Å². The number of nitrogens with zero attached hydrogens (tertiary/aromatic N) is 4. The third-order valence-electron chi connectivity index (χ3n) is 7.36. The quantitative estimate of drug-likeness (QED) is 0.873. The van der Waals surface area contributed by atoms with Crippen LogP contribution in [0.5, 0.6) is 0 Å². The van der Waals surface area contributed by atoms with E-state index in [-0.39, 0.29) is 23.9 Å². The van der Waals surface area contributed by atoms with E-state index in [0.717, 1.165) is 44.2 Å². The maximum absolute atomic E-state index is 13.1. The Morgan fingerprint density at radius 1 is 1.07 bits per heavy atom. The second-order valence-corrected chi connectivity index (χ2v) is 8.90. The van der Waals surface area contributed by atoms with Crippen LogP contribution in [0.4, 0.5) is 5.69 Å². The number of piperidine rings is 2. The van der Waals surface area contributed by atoms with Crippen LogP contribution < -0.4 is 10.6 Å². The zero-order chi connectivity index (χ0) is 19.4. The highest BCUT2D eigenvalue weighted by atomic mass is 16.2. The molecule has 4 fully saturated rings. The zero-order valence-corrected chi connectivity index (χ0v) is 15.9. The molecule has 0 unspecified atom stereocenters. The van der Waals surface area contributed by atoms with Crippen LogP contribution in [-0.2, 0) is 4.79 Å². The van der Waals surface area contributed by atoms with Gasteiger partial charge in [-0.3, -0.25) is 4.79 Å². The molecule has 1 saturated carbocycles. The van der Waals surface area contributed by atoms with Gasteiger partial charge in [-0.1, -0.05) is 0 Å². The molecule has 0 aromatic heterocycles. The van der Waals surface area contributed by atoms with Crippen LogP contribution in [0, 0.1) is 34.5 Å². The maximum atomic E-state index is 13.1. The lowest BCUT2D eigenvalue weighted by Gasteiger charge is -2.42. The Kier molecular flexibility index (Phi) is 4.07. The second kappa shape index (κ2) is 6.50. The van der Waals surface area contributed by atoms with Gasteiger partial charge >= 0.3 is 0 Å². The zero-order valence-electron chi connectivity index (χ0n) is 15.9. The largest absolute Gasteiger partial charge is 0.366 e. The number of rotatable bonds is 3. The van der Waals surface area contributed by atoms with Gasteiger partial charge < -0.3 is 15.5 Å². The first-order valence-corrected chi connectivity index (χ1v) is 10.4. The van der Waals surface area contributed by atoms with Crippen LogP contribution >= 0.6 is 0 Å². The van der Waals surface area contributed by atoms with E-state index in [1.807, 2.05) is 29.2 Å². The predicted molar refractivity (Wildman–Crippen MR) is 104 cm³/mol. The van der Waals surface area contributed by atoms with Gasteiger partial charge in [-0.2, -0.15) is 10.5 Å². The van der Waals surface area contributed by atoms with E-state index >= 15 is 0 Å². The fraction of sp³-hybridized carbons (Fsp3) is 0.591. The van der Waals surface area contributed by atoms with E-state index in [2.05, 4.69) is 17.0 Å². The number of carbonyl (C=O) groups is 1. The van der Waals surface area contributed by atoms with Crippen LogP contribution in [-0.4, -0.2) is 41.0 Å². The molecule has 6 atom stereocenters. The molecule has 6 nitrogen and oxygen atoms in total.